The van der Waals surface area contributed by atoms with Crippen LogP contribution in [-0.4, -0.2) is 69.4 Å². The molecule has 1 heterocycles. The van der Waals surface area contributed by atoms with Crippen LogP contribution < -0.4 is 0 Å². The van der Waals surface area contributed by atoms with Gasteiger partial charge in [-0.25, -0.2) is 9.13 Å². The Morgan fingerprint density at radius 1 is 0.711 bits per heavy atom. The van der Waals surface area contributed by atoms with Crippen molar-refractivity contribution in [3.63, 3.8) is 0 Å². The summed E-state index contributed by atoms with van der Waals surface area (Å²) < 4.78 is 54.2. The Morgan fingerprint density at radius 3 is 1.50 bits per heavy atom. The summed E-state index contributed by atoms with van der Waals surface area (Å²) in [5, 5.41) is 0. The maximum atomic E-state index is 12.1. The predicted molar refractivity (Wildman–Crippen MR) is 151 cm³/mol. The van der Waals surface area contributed by atoms with Crippen molar-refractivity contribution in [3.05, 3.63) is 0 Å². The smallest absolute Gasteiger partial charge is 0.379 e. The third kappa shape index (κ3) is 19.3. The molecule has 0 amide bonds. The number of ether oxygens (including phenoxy) is 2. The van der Waals surface area contributed by atoms with E-state index in [1.165, 1.54) is 57.8 Å². The lowest BCUT2D eigenvalue weighted by molar-refractivity contribution is -0.0222. The second-order valence-corrected chi connectivity index (χ2v) is 13.0. The molecule has 0 aliphatic carbocycles. The van der Waals surface area contributed by atoms with Crippen LogP contribution in [0.25, 0.3) is 0 Å². The molecule has 5 unspecified atom stereocenters. The van der Waals surface area contributed by atoms with Crippen molar-refractivity contribution in [1.82, 2.24) is 0 Å². The zero-order valence-corrected chi connectivity index (χ0v) is 25.7. The Labute approximate surface area is 231 Å². The number of hydrogen-bond donors (Lipinski definition) is 2. The first kappa shape index (κ1) is 36.2. The number of methoxy groups -OCH3 is 1. The first-order valence-electron chi connectivity index (χ1n) is 14.6. The van der Waals surface area contributed by atoms with Gasteiger partial charge in [0.25, 0.3) is 0 Å². The van der Waals surface area contributed by atoms with Gasteiger partial charge in [-0.05, 0) is 26.2 Å². The number of hydrogen-bond acceptors (Lipinski definition) is 8. The van der Waals surface area contributed by atoms with Gasteiger partial charge < -0.3 is 19.3 Å². The van der Waals surface area contributed by atoms with Gasteiger partial charge in [0, 0.05) is 13.1 Å². The van der Waals surface area contributed by atoms with Crippen LogP contribution in [0.2, 0.25) is 0 Å². The first-order chi connectivity index (χ1) is 18.2. The second-order valence-electron chi connectivity index (χ2n) is 10.1. The van der Waals surface area contributed by atoms with Gasteiger partial charge in [0.2, 0.25) is 0 Å². The molecular formula is C25H53BO10P2. The lowest BCUT2D eigenvalue weighted by atomic mass is 9.96. The largest absolute Gasteiger partial charge is 0.472 e. The maximum Gasteiger partial charge on any atom is 0.472 e. The molecule has 0 aromatic rings. The minimum Gasteiger partial charge on any atom is -0.379 e. The van der Waals surface area contributed by atoms with Crippen molar-refractivity contribution in [2.45, 2.75) is 128 Å². The van der Waals surface area contributed by atoms with Gasteiger partial charge >= 0.3 is 15.6 Å². The normalized spacial score (nSPS) is 22.9. The van der Waals surface area contributed by atoms with Gasteiger partial charge in [-0.2, -0.15) is 0 Å². The minimum absolute atomic E-state index is 0.0139. The molecule has 0 spiro atoms. The van der Waals surface area contributed by atoms with E-state index in [2.05, 4.69) is 4.52 Å². The molecule has 13 heteroatoms. The number of rotatable bonds is 26. The first-order valence-corrected chi connectivity index (χ1v) is 17.6. The van der Waals surface area contributed by atoms with Crippen LogP contribution in [0.3, 0.4) is 0 Å². The van der Waals surface area contributed by atoms with Gasteiger partial charge in [0.1, 0.15) is 14.0 Å². The summed E-state index contributed by atoms with van der Waals surface area (Å²) in [5.41, 5.74) is 0. The zero-order valence-electron chi connectivity index (χ0n) is 23.9. The molecule has 1 saturated heterocycles. The molecule has 2 N–H and O–H groups in total. The van der Waals surface area contributed by atoms with Crippen molar-refractivity contribution < 1.29 is 46.5 Å². The topological polar surface area (TPSA) is 130 Å². The van der Waals surface area contributed by atoms with Crippen LogP contribution in [0.1, 0.15) is 110 Å². The summed E-state index contributed by atoms with van der Waals surface area (Å²) in [7, 11) is -4.35. The van der Waals surface area contributed by atoms with E-state index in [4.69, 9.17) is 23.0 Å². The molecular weight excluding hydrogens is 533 g/mol. The quantitative estimate of drug-likeness (QED) is 0.0719. The van der Waals surface area contributed by atoms with Crippen LogP contribution in [0.5, 0.6) is 0 Å². The summed E-state index contributed by atoms with van der Waals surface area (Å²) in [6.07, 6.45) is 17.3. The van der Waals surface area contributed by atoms with Crippen LogP contribution in [0, 0.1) is 0 Å². The van der Waals surface area contributed by atoms with Crippen molar-refractivity contribution >= 4 is 23.5 Å². The van der Waals surface area contributed by atoms with E-state index >= 15 is 0 Å². The maximum absolute atomic E-state index is 12.1. The van der Waals surface area contributed by atoms with Crippen LogP contribution in [0.4, 0.5) is 0 Å². The minimum atomic E-state index is -4.06. The number of phosphoric acid groups is 2. The van der Waals surface area contributed by atoms with Gasteiger partial charge in [0.15, 0.2) is 0 Å². The lowest BCUT2D eigenvalue weighted by Gasteiger charge is -2.19. The molecule has 1 aliphatic heterocycles. The molecule has 0 bridgehead atoms. The summed E-state index contributed by atoms with van der Waals surface area (Å²) in [4.78, 5) is 19.2. The summed E-state index contributed by atoms with van der Waals surface area (Å²) in [5.74, 6) is 0. The fourth-order valence-electron chi connectivity index (χ4n) is 4.58. The van der Waals surface area contributed by atoms with Gasteiger partial charge in [-0.3, -0.25) is 18.1 Å². The molecule has 1 aliphatic rings. The van der Waals surface area contributed by atoms with E-state index in [1.54, 1.807) is 14.0 Å². The van der Waals surface area contributed by atoms with E-state index in [1.807, 2.05) is 7.85 Å². The Morgan fingerprint density at radius 2 is 1.11 bits per heavy atom. The van der Waals surface area contributed by atoms with E-state index < -0.39 is 15.6 Å². The van der Waals surface area contributed by atoms with E-state index in [0.29, 0.717) is 0 Å². The predicted octanol–water partition coefficient (Wildman–Crippen LogP) is 5.89. The molecule has 10 nitrogen and oxygen atoms in total. The highest BCUT2D eigenvalue weighted by Gasteiger charge is 2.35. The second kappa shape index (κ2) is 21.9. The highest BCUT2D eigenvalue weighted by molar-refractivity contribution is 7.47. The fourth-order valence-corrected chi connectivity index (χ4v) is 6.11. The Hall–Kier alpha value is 0.205. The molecule has 226 valence electrons. The van der Waals surface area contributed by atoms with Crippen molar-refractivity contribution in [2.75, 3.05) is 33.5 Å². The van der Waals surface area contributed by atoms with Crippen molar-refractivity contribution in [2.24, 2.45) is 0 Å². The van der Waals surface area contributed by atoms with E-state index in [0.717, 1.165) is 44.9 Å². The lowest BCUT2D eigenvalue weighted by Crippen LogP contribution is -2.28. The average Bonchev–Trinajstić information content (AvgIpc) is 3.23. The third-order valence-electron chi connectivity index (χ3n) is 6.68. The van der Waals surface area contributed by atoms with Gasteiger partial charge in [-0.15, -0.1) is 0 Å². The van der Waals surface area contributed by atoms with E-state index in [-0.39, 0.29) is 44.6 Å². The fraction of sp³-hybridized carbons (Fsp3) is 1.00. The molecule has 0 aromatic heterocycles. The highest BCUT2D eigenvalue weighted by Crippen LogP contribution is 2.44. The molecule has 38 heavy (non-hydrogen) atoms. The molecule has 5 atom stereocenters. The van der Waals surface area contributed by atoms with E-state index in [9.17, 15) is 18.9 Å². The molecule has 0 saturated carbocycles. The van der Waals surface area contributed by atoms with Crippen LogP contribution in [-0.2, 0) is 36.7 Å². The Bertz CT molecular complexity index is 672. The number of unbranched alkanes of at least 4 members (excludes halogenated alkanes) is 14. The molecule has 1 fully saturated rings. The number of phosphoric ester groups is 2. The SMILES string of the molecule is BC1CC(OC)C(COP(=O)(O)OCCCCCCCCCCCCCCCCCOP(=O)(O)OCC)O1. The highest BCUT2D eigenvalue weighted by atomic mass is 31.2. The Kier molecular flexibility index (Phi) is 20.9. The summed E-state index contributed by atoms with van der Waals surface area (Å²) in [6, 6.07) is 0.0475. The van der Waals surface area contributed by atoms with Crippen molar-refractivity contribution in [1.29, 1.82) is 0 Å². The summed E-state index contributed by atoms with van der Waals surface area (Å²) >= 11 is 0. The average molecular weight is 586 g/mol. The zero-order chi connectivity index (χ0) is 28.1. The van der Waals surface area contributed by atoms with Gasteiger partial charge in [-0.1, -0.05) is 83.5 Å². The van der Waals surface area contributed by atoms with Gasteiger partial charge in [0.05, 0.1) is 32.5 Å². The summed E-state index contributed by atoms with van der Waals surface area (Å²) in [6.45, 7) is 2.31. The molecule has 0 radical (unpaired) electrons. The van der Waals surface area contributed by atoms with Crippen LogP contribution in [0.15, 0.2) is 0 Å². The monoisotopic (exact) mass is 586 g/mol. The van der Waals surface area contributed by atoms with Crippen LogP contribution >= 0.6 is 15.6 Å². The third-order valence-corrected chi connectivity index (χ3v) is 8.76. The molecule has 1 rings (SSSR count). The Balaban J connectivity index is 1.82. The van der Waals surface area contributed by atoms with Crippen molar-refractivity contribution in [3.8, 4) is 0 Å². The molecule has 0 aromatic carbocycles. The standard InChI is InChI=1S/C25H53BO10P2/c1-3-32-37(27,28)33-19-17-15-13-11-9-7-5-4-6-8-10-12-14-16-18-20-34-38(29,30)35-22-24-23(31-2)21-25(26)36-24/h23-25H,3-22,26H2,1-2H3,(H,27,28)(H,29,30).